The second kappa shape index (κ2) is 6.96. The normalized spacial score (nSPS) is 56.3. The molecular weight excluding hydrogens is 392 g/mol. The van der Waals surface area contributed by atoms with E-state index < -0.39 is 0 Å². The minimum atomic E-state index is -0.158. The summed E-state index contributed by atoms with van der Waals surface area (Å²) in [7, 11) is 0. The molecule has 0 aromatic heterocycles. The van der Waals surface area contributed by atoms with Crippen LogP contribution in [0.25, 0.3) is 0 Å². The van der Waals surface area contributed by atoms with Crippen LogP contribution in [0.3, 0.4) is 0 Å². The number of aliphatic hydroxyl groups is 1. The summed E-state index contributed by atoms with van der Waals surface area (Å²) in [6, 6.07) is 0. The molecule has 0 aliphatic heterocycles. The summed E-state index contributed by atoms with van der Waals surface area (Å²) in [5.41, 5.74) is 2.20. The summed E-state index contributed by atoms with van der Waals surface area (Å²) < 4.78 is 0. The monoisotopic (exact) mass is 440 g/mol. The van der Waals surface area contributed by atoms with Crippen molar-refractivity contribution in [3.63, 3.8) is 0 Å². The van der Waals surface area contributed by atoms with E-state index in [1.165, 1.54) is 50.4 Å². The number of hydrogen-bond donors (Lipinski definition) is 1. The van der Waals surface area contributed by atoms with Gasteiger partial charge in [-0.2, -0.15) is 0 Å². The molecule has 1 unspecified atom stereocenters. The number of carbonyl (C=O) groups excluding carboxylic acids is 1. The highest BCUT2D eigenvalue weighted by molar-refractivity contribution is 5.62. The van der Waals surface area contributed by atoms with E-state index in [1.807, 2.05) is 0 Å². The second-order valence-corrected chi connectivity index (χ2v) is 14.4. The van der Waals surface area contributed by atoms with Gasteiger partial charge in [-0.1, -0.05) is 46.8 Å². The lowest BCUT2D eigenvalue weighted by Gasteiger charge is -2.72. The molecule has 5 aliphatic rings. The molecule has 0 aromatic carbocycles. The molecule has 0 spiro atoms. The number of carbonyl (C=O) groups is 1. The second-order valence-electron chi connectivity index (χ2n) is 14.4. The first-order valence-electron chi connectivity index (χ1n) is 13.7. The van der Waals surface area contributed by atoms with E-state index >= 15 is 0 Å². The number of aldehydes is 1. The molecule has 1 N–H and O–H groups in total. The maximum absolute atomic E-state index is 12.6. The molecular formula is C30H48O2. The van der Waals surface area contributed by atoms with Gasteiger partial charge in [-0.05, 0) is 122 Å². The molecule has 2 heteroatoms. The number of rotatable bonds is 2. The maximum Gasteiger partial charge on any atom is 0.126 e. The van der Waals surface area contributed by atoms with E-state index in [0.717, 1.165) is 31.6 Å². The summed E-state index contributed by atoms with van der Waals surface area (Å²) in [4.78, 5) is 12.6. The Morgan fingerprint density at radius 3 is 2.22 bits per heavy atom. The van der Waals surface area contributed by atoms with Crippen LogP contribution in [0, 0.1) is 56.7 Å². The fraction of sp³-hybridized carbons (Fsp3) is 0.900. The minimum absolute atomic E-state index is 0.0157. The van der Waals surface area contributed by atoms with E-state index in [2.05, 4.69) is 48.1 Å². The third-order valence-corrected chi connectivity index (χ3v) is 13.3. The number of allylic oxidation sites excluding steroid dienone is 1. The Hall–Kier alpha value is -0.630. The Labute approximate surface area is 197 Å². The number of aliphatic hydroxyl groups excluding tert-OH is 1. The molecule has 0 saturated heterocycles. The molecule has 5 aliphatic carbocycles. The molecule has 5 rings (SSSR count). The number of fused-ring (bicyclic) bond motifs is 7. The van der Waals surface area contributed by atoms with Crippen molar-refractivity contribution in [2.24, 2.45) is 56.7 Å². The summed E-state index contributed by atoms with van der Waals surface area (Å²) in [5, 5.41) is 10.9. The van der Waals surface area contributed by atoms with Crippen LogP contribution in [0.15, 0.2) is 12.2 Å². The van der Waals surface area contributed by atoms with Crippen LogP contribution in [-0.2, 0) is 4.79 Å². The molecule has 10 atom stereocenters. The Morgan fingerprint density at radius 2 is 1.56 bits per heavy atom. The Bertz CT molecular complexity index is 814. The van der Waals surface area contributed by atoms with Gasteiger partial charge in [0.05, 0.1) is 6.10 Å². The summed E-state index contributed by atoms with van der Waals surface area (Å²) in [6.07, 6.45) is 13.1. The van der Waals surface area contributed by atoms with Gasteiger partial charge in [-0.25, -0.2) is 0 Å². The highest BCUT2D eigenvalue weighted by atomic mass is 16.3. The standard InChI is InChI=1S/C30H48O2/c1-19(2)20-10-15-30(18-31)17-16-28(6)21(25(20)30)8-9-23-27(5)13-12-24(32)26(3,4)22(27)11-14-29(23,28)7/h18,20-25,32H,1,8-17H2,2-7H3/t20-,21-,22?,23+,24+,25-,27-,28-,29+,30-/m1/s1. The van der Waals surface area contributed by atoms with E-state index in [1.54, 1.807) is 0 Å². The van der Waals surface area contributed by atoms with E-state index in [9.17, 15) is 9.90 Å². The van der Waals surface area contributed by atoms with Gasteiger partial charge in [0.2, 0.25) is 0 Å². The smallest absolute Gasteiger partial charge is 0.126 e. The third kappa shape index (κ3) is 2.60. The lowest BCUT2D eigenvalue weighted by Crippen LogP contribution is -2.66. The largest absolute Gasteiger partial charge is 0.393 e. The van der Waals surface area contributed by atoms with Crippen molar-refractivity contribution in [3.05, 3.63) is 12.2 Å². The van der Waals surface area contributed by atoms with Gasteiger partial charge in [-0.3, -0.25) is 0 Å². The van der Waals surface area contributed by atoms with Gasteiger partial charge in [-0.15, -0.1) is 0 Å². The van der Waals surface area contributed by atoms with Gasteiger partial charge in [0, 0.05) is 5.41 Å². The Morgan fingerprint density at radius 1 is 0.844 bits per heavy atom. The Balaban J connectivity index is 1.56. The van der Waals surface area contributed by atoms with Crippen molar-refractivity contribution in [2.45, 2.75) is 112 Å². The molecule has 5 saturated carbocycles. The van der Waals surface area contributed by atoms with Crippen LogP contribution in [0.2, 0.25) is 0 Å². The molecule has 0 aromatic rings. The molecule has 0 radical (unpaired) electrons. The highest BCUT2D eigenvalue weighted by Crippen LogP contribution is 2.77. The van der Waals surface area contributed by atoms with Gasteiger partial charge in [0.15, 0.2) is 0 Å². The average Bonchev–Trinajstić information content (AvgIpc) is 3.12. The van der Waals surface area contributed by atoms with Crippen molar-refractivity contribution >= 4 is 6.29 Å². The number of hydrogen-bond acceptors (Lipinski definition) is 2. The molecule has 5 fully saturated rings. The molecule has 0 heterocycles. The first-order valence-corrected chi connectivity index (χ1v) is 13.7. The van der Waals surface area contributed by atoms with Gasteiger partial charge < -0.3 is 9.90 Å². The fourth-order valence-electron chi connectivity index (χ4n) is 11.4. The predicted octanol–water partition coefficient (Wildman–Crippen LogP) is 7.20. The first kappa shape index (κ1) is 23.1. The van der Waals surface area contributed by atoms with Crippen LogP contribution in [0.1, 0.15) is 106 Å². The fourth-order valence-corrected chi connectivity index (χ4v) is 11.4. The van der Waals surface area contributed by atoms with Crippen LogP contribution in [0.5, 0.6) is 0 Å². The quantitative estimate of drug-likeness (QED) is 0.364. The summed E-state index contributed by atoms with van der Waals surface area (Å²) in [6.45, 7) is 19.2. The van der Waals surface area contributed by atoms with E-state index in [-0.39, 0.29) is 16.9 Å². The van der Waals surface area contributed by atoms with E-state index in [4.69, 9.17) is 0 Å². The molecule has 0 amide bonds. The van der Waals surface area contributed by atoms with Gasteiger partial charge in [0.1, 0.15) is 6.29 Å². The van der Waals surface area contributed by atoms with E-state index in [0.29, 0.717) is 39.9 Å². The third-order valence-electron chi connectivity index (χ3n) is 13.3. The van der Waals surface area contributed by atoms with Crippen LogP contribution < -0.4 is 0 Å². The zero-order valence-electron chi connectivity index (χ0n) is 21.7. The lowest BCUT2D eigenvalue weighted by atomic mass is 9.32. The summed E-state index contributed by atoms with van der Waals surface area (Å²) >= 11 is 0. The van der Waals surface area contributed by atoms with Crippen molar-refractivity contribution < 1.29 is 9.90 Å². The van der Waals surface area contributed by atoms with Crippen molar-refractivity contribution in [3.8, 4) is 0 Å². The molecule has 2 nitrogen and oxygen atoms in total. The Kier molecular flexibility index (Phi) is 5.03. The molecule has 32 heavy (non-hydrogen) atoms. The van der Waals surface area contributed by atoms with Crippen molar-refractivity contribution in [1.29, 1.82) is 0 Å². The molecule has 180 valence electrons. The molecule has 0 bridgehead atoms. The first-order chi connectivity index (χ1) is 14.9. The maximum atomic E-state index is 12.6. The van der Waals surface area contributed by atoms with Crippen molar-refractivity contribution in [2.75, 3.05) is 0 Å². The minimum Gasteiger partial charge on any atom is -0.393 e. The van der Waals surface area contributed by atoms with Gasteiger partial charge in [0.25, 0.3) is 0 Å². The van der Waals surface area contributed by atoms with Gasteiger partial charge >= 0.3 is 0 Å². The lowest BCUT2D eigenvalue weighted by molar-refractivity contribution is -0.245. The zero-order valence-corrected chi connectivity index (χ0v) is 21.7. The van der Waals surface area contributed by atoms with Crippen LogP contribution in [-0.4, -0.2) is 17.5 Å². The van der Waals surface area contributed by atoms with Crippen molar-refractivity contribution in [1.82, 2.24) is 0 Å². The highest BCUT2D eigenvalue weighted by Gasteiger charge is 2.70. The average molecular weight is 441 g/mol. The zero-order chi connectivity index (χ0) is 23.3. The van der Waals surface area contributed by atoms with Crippen LogP contribution >= 0.6 is 0 Å². The SMILES string of the molecule is C=C(C)[C@H]1CC[C@]2(C=O)CC[C@]3(C)[C@H](CC[C@@H]4[C@]3(C)CCC3C(C)(C)[C@@H](O)CC[C@]34C)[C@@H]12. The topological polar surface area (TPSA) is 37.3 Å². The predicted molar refractivity (Wildman–Crippen MR) is 131 cm³/mol. The van der Waals surface area contributed by atoms with Crippen LogP contribution in [0.4, 0.5) is 0 Å². The summed E-state index contributed by atoms with van der Waals surface area (Å²) in [5.74, 6) is 3.03.